The van der Waals surface area contributed by atoms with Crippen LogP contribution in [-0.4, -0.2) is 30.7 Å². The minimum absolute atomic E-state index is 0.0337. The first-order valence-electron chi connectivity index (χ1n) is 4.72. The molecule has 0 fully saturated rings. The summed E-state index contributed by atoms with van der Waals surface area (Å²) in [5.41, 5.74) is 0.423. The molecule has 5 nitrogen and oxygen atoms in total. The molecule has 0 aliphatic carbocycles. The largest absolute Gasteiger partial charge is 0.478 e. The Kier molecular flexibility index (Phi) is 2.59. The van der Waals surface area contributed by atoms with E-state index in [0.717, 1.165) is 6.26 Å². The molecule has 2 aromatic rings. The topological polar surface area (TPSA) is 84.3 Å². The molecule has 17 heavy (non-hydrogen) atoms. The van der Waals surface area contributed by atoms with Crippen molar-refractivity contribution in [2.24, 2.45) is 0 Å². The van der Waals surface area contributed by atoms with Crippen molar-refractivity contribution < 1.29 is 18.3 Å². The fourth-order valence-electron chi connectivity index (χ4n) is 1.56. The summed E-state index contributed by atoms with van der Waals surface area (Å²) in [6, 6.07) is 5.97. The van der Waals surface area contributed by atoms with Gasteiger partial charge in [0.1, 0.15) is 0 Å². The lowest BCUT2D eigenvalue weighted by Crippen LogP contribution is -2.01. The van der Waals surface area contributed by atoms with E-state index in [1.54, 1.807) is 12.1 Å². The van der Waals surface area contributed by atoms with Gasteiger partial charge in [-0.15, -0.1) is 0 Å². The van der Waals surface area contributed by atoms with Crippen molar-refractivity contribution in [2.45, 2.75) is 4.90 Å². The van der Waals surface area contributed by atoms with Crippen molar-refractivity contribution in [3.8, 4) is 0 Å². The molecule has 0 aliphatic heterocycles. The molecule has 2 rings (SSSR count). The minimum Gasteiger partial charge on any atom is -0.478 e. The highest BCUT2D eigenvalue weighted by atomic mass is 32.2. The first kappa shape index (κ1) is 11.5. The predicted molar refractivity (Wildman–Crippen MR) is 61.8 cm³/mol. The van der Waals surface area contributed by atoms with E-state index in [1.807, 2.05) is 0 Å². The molecule has 0 bridgehead atoms. The van der Waals surface area contributed by atoms with Crippen LogP contribution in [0.25, 0.3) is 10.9 Å². The molecule has 6 heteroatoms. The Hall–Kier alpha value is -1.95. The fourth-order valence-corrected chi connectivity index (χ4v) is 2.45. The van der Waals surface area contributed by atoms with Crippen LogP contribution in [0, 0.1) is 0 Å². The molecular formula is C11H9NO4S. The first-order chi connectivity index (χ1) is 7.89. The SMILES string of the molecule is CS(=O)(=O)c1cccc2ncc(C(=O)O)cc12. The van der Waals surface area contributed by atoms with Crippen LogP contribution in [0.2, 0.25) is 0 Å². The number of carboxylic acid groups (broad SMARTS) is 1. The molecule has 88 valence electrons. The van der Waals surface area contributed by atoms with E-state index in [0.29, 0.717) is 10.9 Å². The van der Waals surface area contributed by atoms with Crippen molar-refractivity contribution in [1.29, 1.82) is 0 Å². The highest BCUT2D eigenvalue weighted by molar-refractivity contribution is 7.91. The lowest BCUT2D eigenvalue weighted by atomic mass is 10.1. The molecular weight excluding hydrogens is 242 g/mol. The molecule has 0 aliphatic rings. The van der Waals surface area contributed by atoms with E-state index in [2.05, 4.69) is 4.98 Å². The average molecular weight is 251 g/mol. The zero-order valence-corrected chi connectivity index (χ0v) is 9.73. The van der Waals surface area contributed by atoms with Crippen LogP contribution < -0.4 is 0 Å². The van der Waals surface area contributed by atoms with E-state index in [4.69, 9.17) is 5.11 Å². The number of nitrogens with zero attached hydrogens (tertiary/aromatic N) is 1. The molecule has 0 atom stereocenters. The number of aromatic carboxylic acids is 1. The number of fused-ring (bicyclic) bond motifs is 1. The van der Waals surface area contributed by atoms with Gasteiger partial charge >= 0.3 is 5.97 Å². The molecule has 0 radical (unpaired) electrons. The lowest BCUT2D eigenvalue weighted by molar-refractivity contribution is 0.0696. The third-order valence-electron chi connectivity index (χ3n) is 2.33. The average Bonchev–Trinajstić information content (AvgIpc) is 2.26. The molecule has 0 saturated carbocycles. The Morgan fingerprint density at radius 2 is 2.06 bits per heavy atom. The summed E-state index contributed by atoms with van der Waals surface area (Å²) < 4.78 is 23.1. The highest BCUT2D eigenvalue weighted by Gasteiger charge is 2.14. The van der Waals surface area contributed by atoms with Gasteiger partial charge in [-0.05, 0) is 18.2 Å². The van der Waals surface area contributed by atoms with Crippen LogP contribution in [0.15, 0.2) is 35.4 Å². The third-order valence-corrected chi connectivity index (χ3v) is 3.49. The van der Waals surface area contributed by atoms with Gasteiger partial charge in [-0.3, -0.25) is 4.98 Å². The van der Waals surface area contributed by atoms with Gasteiger partial charge in [-0.2, -0.15) is 0 Å². The monoisotopic (exact) mass is 251 g/mol. The van der Waals surface area contributed by atoms with Gasteiger partial charge < -0.3 is 5.11 Å². The zero-order valence-electron chi connectivity index (χ0n) is 8.91. The van der Waals surface area contributed by atoms with Crippen LogP contribution in [0.1, 0.15) is 10.4 Å². The standard InChI is InChI=1S/C11H9NO4S/c1-17(15,16)10-4-2-3-9-8(10)5-7(6-12-9)11(13)14/h2-6H,1H3,(H,13,14). The Balaban J connectivity index is 2.86. The van der Waals surface area contributed by atoms with Gasteiger partial charge in [0.15, 0.2) is 9.84 Å². The minimum atomic E-state index is -3.40. The summed E-state index contributed by atoms with van der Waals surface area (Å²) >= 11 is 0. The Labute approximate surface area is 97.6 Å². The van der Waals surface area contributed by atoms with Crippen molar-refractivity contribution in [3.63, 3.8) is 0 Å². The van der Waals surface area contributed by atoms with Gasteiger partial charge in [0.25, 0.3) is 0 Å². The van der Waals surface area contributed by atoms with E-state index in [9.17, 15) is 13.2 Å². The molecule has 0 amide bonds. The number of sulfone groups is 1. The van der Waals surface area contributed by atoms with E-state index in [1.165, 1.54) is 18.3 Å². The van der Waals surface area contributed by atoms with Crippen LogP contribution in [-0.2, 0) is 9.84 Å². The molecule has 1 heterocycles. The number of hydrogen-bond acceptors (Lipinski definition) is 4. The number of pyridine rings is 1. The lowest BCUT2D eigenvalue weighted by Gasteiger charge is -2.04. The number of benzene rings is 1. The Morgan fingerprint density at radius 1 is 1.35 bits per heavy atom. The summed E-state index contributed by atoms with van der Waals surface area (Å²) in [4.78, 5) is 14.8. The summed E-state index contributed by atoms with van der Waals surface area (Å²) in [7, 11) is -3.40. The summed E-state index contributed by atoms with van der Waals surface area (Å²) in [6.45, 7) is 0. The van der Waals surface area contributed by atoms with Gasteiger partial charge in [-0.25, -0.2) is 13.2 Å². The van der Waals surface area contributed by atoms with Crippen molar-refractivity contribution in [3.05, 3.63) is 36.0 Å². The smallest absolute Gasteiger partial charge is 0.337 e. The second kappa shape index (κ2) is 3.81. The molecule has 1 aromatic heterocycles. The number of carbonyl (C=O) groups is 1. The number of aromatic nitrogens is 1. The maximum absolute atomic E-state index is 11.6. The highest BCUT2D eigenvalue weighted by Crippen LogP contribution is 2.22. The normalized spacial score (nSPS) is 11.6. The van der Waals surface area contributed by atoms with Gasteiger partial charge in [0.05, 0.1) is 16.0 Å². The van der Waals surface area contributed by atoms with Crippen LogP contribution in [0.5, 0.6) is 0 Å². The molecule has 0 unspecified atom stereocenters. The van der Waals surface area contributed by atoms with Gasteiger partial charge in [0, 0.05) is 17.8 Å². The van der Waals surface area contributed by atoms with Crippen LogP contribution in [0.4, 0.5) is 0 Å². The number of rotatable bonds is 2. The van der Waals surface area contributed by atoms with Gasteiger partial charge in [-0.1, -0.05) is 6.07 Å². The van der Waals surface area contributed by atoms with Crippen molar-refractivity contribution >= 4 is 26.7 Å². The molecule has 1 aromatic carbocycles. The second-order valence-electron chi connectivity index (χ2n) is 3.62. The summed E-state index contributed by atoms with van der Waals surface area (Å²) in [5.74, 6) is -1.14. The molecule has 0 saturated heterocycles. The summed E-state index contributed by atoms with van der Waals surface area (Å²) in [6.07, 6.45) is 2.28. The fraction of sp³-hybridized carbons (Fsp3) is 0.0909. The van der Waals surface area contributed by atoms with Crippen LogP contribution >= 0.6 is 0 Å². The predicted octanol–water partition coefficient (Wildman–Crippen LogP) is 1.34. The molecule has 0 spiro atoms. The molecule has 1 N–H and O–H groups in total. The van der Waals surface area contributed by atoms with E-state index >= 15 is 0 Å². The van der Waals surface area contributed by atoms with E-state index < -0.39 is 15.8 Å². The first-order valence-corrected chi connectivity index (χ1v) is 6.61. The Morgan fingerprint density at radius 3 is 2.65 bits per heavy atom. The quantitative estimate of drug-likeness (QED) is 0.870. The zero-order chi connectivity index (χ0) is 12.6. The Bertz CT molecular complexity index is 706. The van der Waals surface area contributed by atoms with Crippen LogP contribution in [0.3, 0.4) is 0 Å². The van der Waals surface area contributed by atoms with E-state index in [-0.39, 0.29) is 10.5 Å². The number of carboxylic acids is 1. The van der Waals surface area contributed by atoms with Gasteiger partial charge in [0.2, 0.25) is 0 Å². The maximum atomic E-state index is 11.6. The maximum Gasteiger partial charge on any atom is 0.337 e. The number of hydrogen-bond donors (Lipinski definition) is 1. The summed E-state index contributed by atoms with van der Waals surface area (Å²) in [5, 5.41) is 9.18. The van der Waals surface area contributed by atoms with Crippen molar-refractivity contribution in [2.75, 3.05) is 6.26 Å². The van der Waals surface area contributed by atoms with Crippen molar-refractivity contribution in [1.82, 2.24) is 4.98 Å². The third kappa shape index (κ3) is 2.12. The second-order valence-corrected chi connectivity index (χ2v) is 5.61.